The summed E-state index contributed by atoms with van der Waals surface area (Å²) in [5, 5.41) is 8.69. The van der Waals surface area contributed by atoms with E-state index in [4.69, 9.17) is 4.74 Å². The Bertz CT molecular complexity index is 891. The molecule has 29 heavy (non-hydrogen) atoms. The van der Waals surface area contributed by atoms with Gasteiger partial charge in [0.1, 0.15) is 0 Å². The molecule has 0 aliphatic carbocycles. The number of aryl methyl sites for hydroxylation is 1. The molecule has 3 heterocycles. The van der Waals surface area contributed by atoms with Crippen molar-refractivity contribution in [3.63, 3.8) is 0 Å². The topological polar surface area (TPSA) is 43.2 Å². The van der Waals surface area contributed by atoms with Crippen molar-refractivity contribution in [3.05, 3.63) is 46.8 Å². The number of hydrogen-bond acceptors (Lipinski definition) is 4. The minimum atomic E-state index is 0.274. The molecular formula is C24H32N4O. The van der Waals surface area contributed by atoms with Crippen molar-refractivity contribution in [2.24, 2.45) is 5.41 Å². The van der Waals surface area contributed by atoms with E-state index < -0.39 is 0 Å². The minimum Gasteiger partial charge on any atom is -0.376 e. The Kier molecular flexibility index (Phi) is 6.03. The van der Waals surface area contributed by atoms with E-state index in [-0.39, 0.29) is 6.10 Å². The van der Waals surface area contributed by atoms with Gasteiger partial charge in [0.25, 0.3) is 0 Å². The molecule has 2 aliphatic heterocycles. The van der Waals surface area contributed by atoms with Crippen LogP contribution in [0, 0.1) is 24.2 Å². The molecule has 2 fully saturated rings. The first-order chi connectivity index (χ1) is 14.0. The van der Waals surface area contributed by atoms with E-state index >= 15 is 0 Å². The monoisotopic (exact) mass is 392 g/mol. The lowest BCUT2D eigenvalue weighted by Gasteiger charge is -2.44. The van der Waals surface area contributed by atoms with E-state index in [0.717, 1.165) is 56.9 Å². The van der Waals surface area contributed by atoms with E-state index in [2.05, 4.69) is 72.2 Å². The second kappa shape index (κ2) is 8.69. The molecule has 5 nitrogen and oxygen atoms in total. The Hall–Kier alpha value is -2.16. The molecular weight excluding hydrogens is 360 g/mol. The molecule has 2 saturated heterocycles. The van der Waals surface area contributed by atoms with Crippen LogP contribution in [0.1, 0.15) is 55.5 Å². The zero-order valence-corrected chi connectivity index (χ0v) is 17.9. The molecule has 154 valence electrons. The van der Waals surface area contributed by atoms with Gasteiger partial charge >= 0.3 is 0 Å². The second-order valence-electron chi connectivity index (χ2n) is 9.35. The lowest BCUT2D eigenvalue weighted by molar-refractivity contribution is 0.00370. The van der Waals surface area contributed by atoms with Gasteiger partial charge in [0.15, 0.2) is 0 Å². The minimum absolute atomic E-state index is 0.274. The molecule has 4 rings (SSSR count). The van der Waals surface area contributed by atoms with Gasteiger partial charge in [-0.25, -0.2) is 4.68 Å². The summed E-state index contributed by atoms with van der Waals surface area (Å²) in [4.78, 5) is 2.40. The van der Waals surface area contributed by atoms with Crippen molar-refractivity contribution in [2.75, 3.05) is 26.2 Å². The van der Waals surface area contributed by atoms with Crippen LogP contribution < -0.4 is 0 Å². The quantitative estimate of drug-likeness (QED) is 0.731. The van der Waals surface area contributed by atoms with Gasteiger partial charge in [0.05, 0.1) is 24.9 Å². The van der Waals surface area contributed by atoms with Crippen LogP contribution in [0.25, 0.3) is 0 Å². The molecule has 1 aromatic heterocycles. The van der Waals surface area contributed by atoms with Crippen LogP contribution >= 0.6 is 0 Å². The van der Waals surface area contributed by atoms with Crippen LogP contribution in [-0.2, 0) is 17.7 Å². The molecule has 1 aromatic carbocycles. The third-order valence-electron chi connectivity index (χ3n) is 5.81. The first-order valence-corrected chi connectivity index (χ1v) is 10.8. The fourth-order valence-electron chi connectivity index (χ4n) is 4.33. The van der Waals surface area contributed by atoms with Gasteiger partial charge in [0.2, 0.25) is 0 Å². The standard InChI is InChI=1S/C24H32N4O/c1-19-9-10-20(7-6-11-27-17-24(2,3)18-27)13-21(19)14-22-15-28(26-25-22)16-23-8-4-5-12-29-23/h9-10,13,15,23H,4-5,8,11-12,14,16-18H2,1-3H3. The van der Waals surface area contributed by atoms with Crippen LogP contribution in [0.2, 0.25) is 0 Å². The number of likely N-dealkylation sites (tertiary alicyclic amines) is 1. The number of aromatic nitrogens is 3. The third-order valence-corrected chi connectivity index (χ3v) is 5.81. The molecule has 2 aromatic rings. The maximum Gasteiger partial charge on any atom is 0.0870 e. The highest BCUT2D eigenvalue weighted by Crippen LogP contribution is 2.27. The van der Waals surface area contributed by atoms with E-state index in [1.165, 1.54) is 24.0 Å². The lowest BCUT2D eigenvalue weighted by atomic mass is 9.84. The Morgan fingerprint density at radius 1 is 1.24 bits per heavy atom. The van der Waals surface area contributed by atoms with Crippen molar-refractivity contribution >= 4 is 0 Å². The van der Waals surface area contributed by atoms with Gasteiger partial charge in [-0.1, -0.05) is 37.0 Å². The number of benzene rings is 1. The van der Waals surface area contributed by atoms with E-state index in [9.17, 15) is 0 Å². The van der Waals surface area contributed by atoms with Crippen LogP contribution in [0.15, 0.2) is 24.4 Å². The summed E-state index contributed by atoms with van der Waals surface area (Å²) in [6.07, 6.45) is 6.65. The summed E-state index contributed by atoms with van der Waals surface area (Å²) in [6, 6.07) is 6.47. The number of nitrogens with zero attached hydrogens (tertiary/aromatic N) is 4. The van der Waals surface area contributed by atoms with Crippen molar-refractivity contribution in [1.82, 2.24) is 19.9 Å². The van der Waals surface area contributed by atoms with E-state index in [1.807, 2.05) is 4.68 Å². The van der Waals surface area contributed by atoms with Crippen molar-refractivity contribution in [2.45, 2.75) is 59.1 Å². The summed E-state index contributed by atoms with van der Waals surface area (Å²) >= 11 is 0. The average Bonchev–Trinajstić information content (AvgIpc) is 3.10. The first kappa shape index (κ1) is 20.1. The van der Waals surface area contributed by atoms with Crippen LogP contribution in [0.3, 0.4) is 0 Å². The van der Waals surface area contributed by atoms with Crippen molar-refractivity contribution in [3.8, 4) is 11.8 Å². The first-order valence-electron chi connectivity index (χ1n) is 10.8. The highest BCUT2D eigenvalue weighted by molar-refractivity contribution is 5.42. The van der Waals surface area contributed by atoms with Gasteiger partial charge in [-0.15, -0.1) is 5.10 Å². The molecule has 0 amide bonds. The molecule has 1 unspecified atom stereocenters. The summed E-state index contributed by atoms with van der Waals surface area (Å²) in [7, 11) is 0. The summed E-state index contributed by atoms with van der Waals surface area (Å²) < 4.78 is 7.74. The smallest absolute Gasteiger partial charge is 0.0870 e. The van der Waals surface area contributed by atoms with Crippen LogP contribution in [0.4, 0.5) is 0 Å². The second-order valence-corrected chi connectivity index (χ2v) is 9.35. The van der Waals surface area contributed by atoms with E-state index in [0.29, 0.717) is 5.41 Å². The maximum atomic E-state index is 5.81. The summed E-state index contributed by atoms with van der Waals surface area (Å²) in [6.45, 7) is 11.6. The lowest BCUT2D eigenvalue weighted by Crippen LogP contribution is -2.52. The predicted octanol–water partition coefficient (Wildman–Crippen LogP) is 3.44. The van der Waals surface area contributed by atoms with Crippen LogP contribution in [0.5, 0.6) is 0 Å². The normalized spacial score (nSPS) is 21.3. The molecule has 5 heteroatoms. The van der Waals surface area contributed by atoms with Crippen LogP contribution in [-0.4, -0.2) is 52.2 Å². The molecule has 1 atom stereocenters. The Labute approximate surface area is 174 Å². The number of hydrogen-bond donors (Lipinski definition) is 0. The largest absolute Gasteiger partial charge is 0.376 e. The average molecular weight is 393 g/mol. The third kappa shape index (κ3) is 5.46. The van der Waals surface area contributed by atoms with E-state index in [1.54, 1.807) is 0 Å². The number of ether oxygens (including phenoxy) is 1. The summed E-state index contributed by atoms with van der Waals surface area (Å²) in [5.74, 6) is 6.67. The predicted molar refractivity (Wildman–Crippen MR) is 115 cm³/mol. The van der Waals surface area contributed by atoms with Gasteiger partial charge in [-0.2, -0.15) is 0 Å². The van der Waals surface area contributed by atoms with Gasteiger partial charge in [-0.3, -0.25) is 4.90 Å². The fraction of sp³-hybridized carbons (Fsp3) is 0.583. The fourth-order valence-corrected chi connectivity index (χ4v) is 4.33. The SMILES string of the molecule is Cc1ccc(C#CCN2CC(C)(C)C2)cc1Cc1cn(CC2CCCCO2)nn1. The molecule has 0 N–H and O–H groups in total. The van der Waals surface area contributed by atoms with Crippen molar-refractivity contribution in [1.29, 1.82) is 0 Å². The van der Waals surface area contributed by atoms with Gasteiger partial charge in [0, 0.05) is 37.9 Å². The highest BCUT2D eigenvalue weighted by atomic mass is 16.5. The zero-order chi connectivity index (χ0) is 20.3. The maximum absolute atomic E-state index is 5.81. The molecule has 0 spiro atoms. The molecule has 2 aliphatic rings. The van der Waals surface area contributed by atoms with Gasteiger partial charge < -0.3 is 4.74 Å². The van der Waals surface area contributed by atoms with Gasteiger partial charge in [-0.05, 0) is 54.9 Å². The Morgan fingerprint density at radius 2 is 2.10 bits per heavy atom. The zero-order valence-electron chi connectivity index (χ0n) is 17.9. The Morgan fingerprint density at radius 3 is 2.86 bits per heavy atom. The molecule has 0 saturated carbocycles. The Balaban J connectivity index is 1.36. The molecule has 0 radical (unpaired) electrons. The summed E-state index contributed by atoms with van der Waals surface area (Å²) in [5.41, 5.74) is 5.07. The number of rotatable bonds is 5. The highest BCUT2D eigenvalue weighted by Gasteiger charge is 2.32. The van der Waals surface area contributed by atoms with Crippen molar-refractivity contribution < 1.29 is 4.74 Å². The molecule has 0 bridgehead atoms.